The van der Waals surface area contributed by atoms with Crippen LogP contribution in [0.3, 0.4) is 0 Å². The van der Waals surface area contributed by atoms with Crippen LogP contribution < -0.4 is 10.1 Å². The third-order valence-corrected chi connectivity index (χ3v) is 4.14. The molecule has 0 spiro atoms. The number of hydrogen-bond acceptors (Lipinski definition) is 2. The fraction of sp³-hybridized carbons (Fsp3) is 0.368. The smallest absolute Gasteiger partial charge is 0.142 e. The fourth-order valence-electron chi connectivity index (χ4n) is 3.13. The highest BCUT2D eigenvalue weighted by Crippen LogP contribution is 2.34. The van der Waals surface area contributed by atoms with E-state index in [-0.39, 0.29) is 0 Å². The van der Waals surface area contributed by atoms with Gasteiger partial charge in [0.1, 0.15) is 5.75 Å². The van der Waals surface area contributed by atoms with Gasteiger partial charge in [0.2, 0.25) is 0 Å². The Kier molecular flexibility index (Phi) is 4.44. The molecule has 1 aliphatic rings. The molecular formula is C19H23NO. The molecule has 0 saturated carbocycles. The topological polar surface area (TPSA) is 21.3 Å². The lowest BCUT2D eigenvalue weighted by Crippen LogP contribution is -2.12. The molecule has 0 heterocycles. The third kappa shape index (κ3) is 3.21. The maximum atomic E-state index is 5.74. The molecule has 0 bridgehead atoms. The zero-order valence-corrected chi connectivity index (χ0v) is 12.6. The number of rotatable bonds is 4. The normalized spacial score (nSPS) is 17.7. The Morgan fingerprint density at radius 3 is 2.76 bits per heavy atom. The number of aryl methyl sites for hydroxylation is 1. The highest BCUT2D eigenvalue weighted by molar-refractivity contribution is 5.57. The van der Waals surface area contributed by atoms with E-state index in [2.05, 4.69) is 41.7 Å². The van der Waals surface area contributed by atoms with Crippen LogP contribution in [0.4, 0.5) is 5.69 Å². The largest absolute Gasteiger partial charge is 0.492 e. The van der Waals surface area contributed by atoms with Gasteiger partial charge in [-0.2, -0.15) is 0 Å². The van der Waals surface area contributed by atoms with Gasteiger partial charge in [-0.05, 0) is 49.4 Å². The molecule has 1 N–H and O–H groups in total. The summed E-state index contributed by atoms with van der Waals surface area (Å²) in [7, 11) is 0. The van der Waals surface area contributed by atoms with Crippen molar-refractivity contribution in [3.8, 4) is 5.75 Å². The summed E-state index contributed by atoms with van der Waals surface area (Å²) in [6.07, 6.45) is 4.92. The number of hydrogen-bond donors (Lipinski definition) is 1. The van der Waals surface area contributed by atoms with Gasteiger partial charge in [0.25, 0.3) is 0 Å². The summed E-state index contributed by atoms with van der Waals surface area (Å²) >= 11 is 0. The van der Waals surface area contributed by atoms with Crippen LogP contribution in [0.5, 0.6) is 5.75 Å². The molecule has 21 heavy (non-hydrogen) atoms. The number of anilines is 1. The van der Waals surface area contributed by atoms with E-state index in [0.29, 0.717) is 12.6 Å². The van der Waals surface area contributed by atoms with Gasteiger partial charge in [-0.3, -0.25) is 0 Å². The monoisotopic (exact) mass is 281 g/mol. The predicted octanol–water partition coefficient (Wildman–Crippen LogP) is 4.96. The van der Waals surface area contributed by atoms with Crippen molar-refractivity contribution in [3.63, 3.8) is 0 Å². The molecule has 1 unspecified atom stereocenters. The number of nitrogens with one attached hydrogen (secondary N) is 1. The van der Waals surface area contributed by atoms with Gasteiger partial charge in [-0.25, -0.2) is 0 Å². The maximum Gasteiger partial charge on any atom is 0.142 e. The summed E-state index contributed by atoms with van der Waals surface area (Å²) in [5, 5.41) is 3.71. The lowest BCUT2D eigenvalue weighted by atomic mass is 9.99. The Balaban J connectivity index is 1.88. The Bertz CT molecular complexity index is 594. The minimum absolute atomic E-state index is 0.380. The van der Waals surface area contributed by atoms with Crippen LogP contribution in [0.1, 0.15) is 43.4 Å². The Morgan fingerprint density at radius 1 is 1.05 bits per heavy atom. The summed E-state index contributed by atoms with van der Waals surface area (Å²) in [5.41, 5.74) is 4.03. The molecule has 0 radical (unpaired) electrons. The van der Waals surface area contributed by atoms with Crippen LogP contribution in [0.25, 0.3) is 0 Å². The second-order valence-electron chi connectivity index (χ2n) is 5.57. The summed E-state index contributed by atoms with van der Waals surface area (Å²) < 4.78 is 5.74. The number of benzene rings is 2. The zero-order chi connectivity index (χ0) is 14.5. The van der Waals surface area contributed by atoms with Crippen molar-refractivity contribution in [2.24, 2.45) is 0 Å². The summed E-state index contributed by atoms with van der Waals surface area (Å²) in [5.74, 6) is 0.946. The molecule has 0 saturated heterocycles. The van der Waals surface area contributed by atoms with Crippen molar-refractivity contribution >= 4 is 5.69 Å². The van der Waals surface area contributed by atoms with Crippen molar-refractivity contribution < 1.29 is 4.74 Å². The lowest BCUT2D eigenvalue weighted by molar-refractivity contribution is 0.341. The number of fused-ring (bicyclic) bond motifs is 1. The van der Waals surface area contributed by atoms with Crippen molar-refractivity contribution in [2.45, 2.75) is 38.6 Å². The van der Waals surface area contributed by atoms with Crippen molar-refractivity contribution in [1.82, 2.24) is 0 Å². The summed E-state index contributed by atoms with van der Waals surface area (Å²) in [6.45, 7) is 2.72. The van der Waals surface area contributed by atoms with Crippen molar-refractivity contribution in [3.05, 3.63) is 59.7 Å². The number of ether oxygens (including phenoxy) is 1. The quantitative estimate of drug-likeness (QED) is 0.799. The number of para-hydroxylation sites is 2. The van der Waals surface area contributed by atoms with E-state index in [9.17, 15) is 0 Å². The summed E-state index contributed by atoms with van der Waals surface area (Å²) in [4.78, 5) is 0. The van der Waals surface area contributed by atoms with E-state index in [1.807, 2.05) is 19.1 Å². The van der Waals surface area contributed by atoms with Gasteiger partial charge < -0.3 is 10.1 Å². The third-order valence-electron chi connectivity index (χ3n) is 4.14. The Hall–Kier alpha value is -1.96. The first-order valence-electron chi connectivity index (χ1n) is 7.94. The van der Waals surface area contributed by atoms with Crippen molar-refractivity contribution in [1.29, 1.82) is 0 Å². The van der Waals surface area contributed by atoms with Crippen LogP contribution in [0, 0.1) is 0 Å². The zero-order valence-electron chi connectivity index (χ0n) is 12.6. The van der Waals surface area contributed by atoms with E-state index >= 15 is 0 Å². The maximum absolute atomic E-state index is 5.74. The predicted molar refractivity (Wildman–Crippen MR) is 88.0 cm³/mol. The molecule has 2 aromatic carbocycles. The van der Waals surface area contributed by atoms with E-state index in [1.54, 1.807) is 0 Å². The lowest BCUT2D eigenvalue weighted by Gasteiger charge is -2.22. The van der Waals surface area contributed by atoms with Gasteiger partial charge in [0.15, 0.2) is 0 Å². The minimum Gasteiger partial charge on any atom is -0.492 e. The molecule has 1 atom stereocenters. The van der Waals surface area contributed by atoms with Crippen LogP contribution >= 0.6 is 0 Å². The molecule has 0 aromatic heterocycles. The molecule has 1 aliphatic carbocycles. The van der Waals surface area contributed by atoms with E-state index in [1.165, 1.54) is 36.8 Å². The molecule has 0 aliphatic heterocycles. The second-order valence-corrected chi connectivity index (χ2v) is 5.57. The first-order valence-corrected chi connectivity index (χ1v) is 7.94. The van der Waals surface area contributed by atoms with Crippen LogP contribution in [0.2, 0.25) is 0 Å². The average Bonchev–Trinajstić information content (AvgIpc) is 2.72. The molecule has 2 heteroatoms. The van der Waals surface area contributed by atoms with Crippen LogP contribution in [-0.4, -0.2) is 6.61 Å². The molecule has 0 amide bonds. The minimum atomic E-state index is 0.380. The molecule has 0 fully saturated rings. The van der Waals surface area contributed by atoms with Crippen LogP contribution in [-0.2, 0) is 6.42 Å². The first-order chi connectivity index (χ1) is 10.4. The second kappa shape index (κ2) is 6.66. The van der Waals surface area contributed by atoms with E-state index in [0.717, 1.165) is 11.4 Å². The molecule has 2 aromatic rings. The average molecular weight is 281 g/mol. The molecule has 2 nitrogen and oxygen atoms in total. The highest BCUT2D eigenvalue weighted by atomic mass is 16.5. The van der Waals surface area contributed by atoms with Crippen molar-refractivity contribution in [2.75, 3.05) is 11.9 Å². The molecular weight excluding hydrogens is 258 g/mol. The van der Waals surface area contributed by atoms with Gasteiger partial charge in [-0.1, -0.05) is 42.8 Å². The standard InChI is InChI=1S/C19H23NO/c1-2-21-19-14-8-7-13-18(19)20-17-12-6-4-10-15-9-3-5-11-16(15)17/h3,5,7-9,11,13-14,17,20H,2,4,6,10,12H2,1H3. The first kappa shape index (κ1) is 14.0. The summed E-state index contributed by atoms with van der Waals surface area (Å²) in [6, 6.07) is 17.4. The van der Waals surface area contributed by atoms with Gasteiger partial charge >= 0.3 is 0 Å². The van der Waals surface area contributed by atoms with Gasteiger partial charge in [0.05, 0.1) is 18.3 Å². The Labute approximate surface area is 127 Å². The van der Waals surface area contributed by atoms with E-state index in [4.69, 9.17) is 4.74 Å². The molecule has 3 rings (SSSR count). The van der Waals surface area contributed by atoms with Gasteiger partial charge in [-0.15, -0.1) is 0 Å². The van der Waals surface area contributed by atoms with Gasteiger partial charge in [0, 0.05) is 0 Å². The molecule has 110 valence electrons. The SMILES string of the molecule is CCOc1ccccc1NC1CCCCc2ccccc21. The fourth-order valence-corrected chi connectivity index (χ4v) is 3.13. The van der Waals surface area contributed by atoms with Crippen LogP contribution in [0.15, 0.2) is 48.5 Å². The highest BCUT2D eigenvalue weighted by Gasteiger charge is 2.19. The Morgan fingerprint density at radius 2 is 1.86 bits per heavy atom. The van der Waals surface area contributed by atoms with E-state index < -0.39 is 0 Å².